The topological polar surface area (TPSA) is 120 Å². The van der Waals surface area contributed by atoms with E-state index < -0.39 is 12.1 Å². The molecule has 0 heterocycles. The predicted octanol–water partition coefficient (Wildman–Crippen LogP) is 5.48. The minimum absolute atomic E-state index is 0.000123. The molecule has 0 atom stereocenters. The molecule has 35 heavy (non-hydrogen) atoms. The summed E-state index contributed by atoms with van der Waals surface area (Å²) >= 11 is 0. The smallest absolute Gasteiger partial charge is 0.411 e. The summed E-state index contributed by atoms with van der Waals surface area (Å²) in [7, 11) is 1.27. The van der Waals surface area contributed by atoms with E-state index in [-0.39, 0.29) is 18.8 Å². The van der Waals surface area contributed by atoms with Gasteiger partial charge >= 0.3 is 12.1 Å². The Morgan fingerprint density at radius 3 is 2.49 bits per heavy atom. The highest BCUT2D eigenvalue weighted by Crippen LogP contribution is 2.30. The van der Waals surface area contributed by atoms with Crippen molar-refractivity contribution >= 4 is 23.3 Å². The molecular weight excluding hydrogens is 448 g/mol. The van der Waals surface area contributed by atoms with Gasteiger partial charge in [0, 0.05) is 42.3 Å². The van der Waals surface area contributed by atoms with Crippen LogP contribution in [-0.4, -0.2) is 30.9 Å². The molecular formula is C27H34N2O6. The van der Waals surface area contributed by atoms with E-state index >= 15 is 0 Å². The quantitative estimate of drug-likeness (QED) is 0.220. The minimum Gasteiger partial charge on any atom is -0.512 e. The van der Waals surface area contributed by atoms with E-state index in [1.54, 1.807) is 31.2 Å². The number of carbonyl (C=O) groups is 2. The van der Waals surface area contributed by atoms with Crippen LogP contribution >= 0.6 is 0 Å². The molecule has 0 saturated carbocycles. The molecule has 0 unspecified atom stereocenters. The monoisotopic (exact) mass is 482 g/mol. The third-order valence-electron chi connectivity index (χ3n) is 5.15. The van der Waals surface area contributed by atoms with Crippen molar-refractivity contribution in [2.75, 3.05) is 19.0 Å². The van der Waals surface area contributed by atoms with Crippen LogP contribution in [0.4, 0.5) is 10.5 Å². The predicted molar refractivity (Wildman–Crippen MR) is 136 cm³/mol. The van der Waals surface area contributed by atoms with Gasteiger partial charge in [-0.1, -0.05) is 38.1 Å². The maximum atomic E-state index is 12.1. The van der Waals surface area contributed by atoms with Crippen molar-refractivity contribution in [2.24, 2.45) is 5.73 Å². The van der Waals surface area contributed by atoms with Crippen molar-refractivity contribution < 1.29 is 28.9 Å². The van der Waals surface area contributed by atoms with Crippen LogP contribution in [0.15, 0.2) is 60.1 Å². The van der Waals surface area contributed by atoms with E-state index in [9.17, 15) is 14.7 Å². The molecule has 0 aromatic heterocycles. The van der Waals surface area contributed by atoms with E-state index in [0.717, 1.165) is 11.1 Å². The summed E-state index contributed by atoms with van der Waals surface area (Å²) in [5.41, 5.74) is 9.21. The Labute approximate surface area is 206 Å². The van der Waals surface area contributed by atoms with Crippen molar-refractivity contribution in [2.45, 2.75) is 46.6 Å². The van der Waals surface area contributed by atoms with E-state index in [1.165, 1.54) is 7.11 Å². The Morgan fingerprint density at radius 2 is 1.86 bits per heavy atom. The van der Waals surface area contributed by atoms with Crippen molar-refractivity contribution in [3.05, 3.63) is 76.7 Å². The van der Waals surface area contributed by atoms with Gasteiger partial charge in [0.05, 0.1) is 25.9 Å². The number of esters is 1. The Hall–Kier alpha value is -3.78. The number of rotatable bonds is 11. The van der Waals surface area contributed by atoms with Gasteiger partial charge in [0.25, 0.3) is 0 Å². The normalized spacial score (nSPS) is 12.0. The maximum Gasteiger partial charge on any atom is 0.411 e. The minimum atomic E-state index is -0.627. The van der Waals surface area contributed by atoms with Crippen LogP contribution in [0.25, 0.3) is 5.57 Å². The summed E-state index contributed by atoms with van der Waals surface area (Å²) in [5, 5.41) is 13.3. The van der Waals surface area contributed by atoms with Crippen LogP contribution in [0.3, 0.4) is 0 Å². The number of amides is 1. The average Bonchev–Trinajstić information content (AvgIpc) is 2.87. The number of nitrogens with two attached hydrogens (primary N) is 1. The second-order valence-electron chi connectivity index (χ2n) is 7.61. The largest absolute Gasteiger partial charge is 0.512 e. The SMILES string of the molecule is CCOC(=O)Cc1ccc(NC(=O)OC)cc1O/C(=C/C(=C(/O)CC)c1cccc(CN)c1)CC. The van der Waals surface area contributed by atoms with Crippen molar-refractivity contribution in [3.8, 4) is 5.75 Å². The fourth-order valence-corrected chi connectivity index (χ4v) is 3.31. The van der Waals surface area contributed by atoms with Gasteiger partial charge in [-0.25, -0.2) is 4.79 Å². The number of aliphatic hydroxyl groups excluding tert-OH is 1. The molecule has 8 nitrogen and oxygen atoms in total. The average molecular weight is 483 g/mol. The number of hydrogen-bond donors (Lipinski definition) is 3. The fraction of sp³-hybridized carbons (Fsp3) is 0.333. The molecule has 0 radical (unpaired) electrons. The van der Waals surface area contributed by atoms with Crippen LogP contribution in [-0.2, 0) is 27.2 Å². The molecule has 188 valence electrons. The summed E-state index contributed by atoms with van der Waals surface area (Å²) < 4.78 is 16.0. The third kappa shape index (κ3) is 8.19. The first-order chi connectivity index (χ1) is 16.8. The van der Waals surface area contributed by atoms with Gasteiger partial charge in [-0.05, 0) is 36.3 Å². The summed E-state index contributed by atoms with van der Waals surface area (Å²) in [5.74, 6) is 0.752. The van der Waals surface area contributed by atoms with Crippen molar-refractivity contribution in [1.82, 2.24) is 0 Å². The lowest BCUT2D eigenvalue weighted by molar-refractivity contribution is -0.142. The van der Waals surface area contributed by atoms with Crippen molar-refractivity contribution in [3.63, 3.8) is 0 Å². The second-order valence-corrected chi connectivity index (χ2v) is 7.61. The standard InChI is InChI=1S/C27H34N2O6/c1-5-22(16-23(24(30)6-2)19-10-8-9-18(13-19)17-28)35-25-15-21(29-27(32)33-4)12-11-20(25)14-26(31)34-7-3/h8-13,15-16,30H,5-7,14,17,28H2,1-4H3,(H,29,32)/b22-16+,24-23-. The lowest BCUT2D eigenvalue weighted by Crippen LogP contribution is -2.12. The summed E-state index contributed by atoms with van der Waals surface area (Å²) in [6.45, 7) is 6.17. The van der Waals surface area contributed by atoms with E-state index in [4.69, 9.17) is 15.2 Å². The van der Waals surface area contributed by atoms with Gasteiger partial charge in [-0.3, -0.25) is 10.1 Å². The molecule has 0 bridgehead atoms. The number of anilines is 1. The molecule has 0 aliphatic heterocycles. The first-order valence-electron chi connectivity index (χ1n) is 11.6. The molecule has 8 heteroatoms. The summed E-state index contributed by atoms with van der Waals surface area (Å²) in [6, 6.07) is 12.6. The Bertz CT molecular complexity index is 1090. The van der Waals surface area contributed by atoms with Gasteiger partial charge < -0.3 is 25.1 Å². The van der Waals surface area contributed by atoms with Crippen LogP contribution < -0.4 is 15.8 Å². The number of hydrogen-bond acceptors (Lipinski definition) is 7. The molecule has 0 spiro atoms. The first kappa shape index (κ1) is 27.5. The number of ether oxygens (including phenoxy) is 3. The van der Waals surface area contributed by atoms with Gasteiger partial charge in [-0.2, -0.15) is 0 Å². The number of benzene rings is 2. The number of methoxy groups -OCH3 is 1. The number of aliphatic hydroxyl groups is 1. The molecule has 0 aliphatic rings. The molecule has 2 rings (SSSR count). The molecule has 4 N–H and O–H groups in total. The number of carbonyl (C=O) groups excluding carboxylic acids is 2. The highest BCUT2D eigenvalue weighted by Gasteiger charge is 2.15. The van der Waals surface area contributed by atoms with Gasteiger partial charge in [0.2, 0.25) is 0 Å². The van der Waals surface area contributed by atoms with E-state index in [0.29, 0.717) is 47.7 Å². The van der Waals surface area contributed by atoms with Crippen molar-refractivity contribution in [1.29, 1.82) is 0 Å². The second kappa shape index (κ2) is 13.8. The Balaban J connectivity index is 2.50. The van der Waals surface area contributed by atoms with Crippen LogP contribution in [0.1, 0.15) is 50.3 Å². The van der Waals surface area contributed by atoms with Crippen LogP contribution in [0.5, 0.6) is 5.75 Å². The lowest BCUT2D eigenvalue weighted by Gasteiger charge is -2.16. The van der Waals surface area contributed by atoms with Gasteiger partial charge in [0.1, 0.15) is 11.5 Å². The Morgan fingerprint density at radius 1 is 1.09 bits per heavy atom. The molecule has 0 fully saturated rings. The zero-order valence-electron chi connectivity index (χ0n) is 20.7. The van der Waals surface area contributed by atoms with Crippen LogP contribution in [0.2, 0.25) is 0 Å². The Kier molecular flexibility index (Phi) is 10.8. The number of nitrogens with one attached hydrogen (secondary N) is 1. The molecule has 0 saturated heterocycles. The summed E-state index contributed by atoms with van der Waals surface area (Å²) in [6.07, 6.45) is 2.09. The zero-order valence-corrected chi connectivity index (χ0v) is 20.7. The number of allylic oxidation sites excluding steroid dienone is 4. The van der Waals surface area contributed by atoms with E-state index in [2.05, 4.69) is 10.1 Å². The first-order valence-corrected chi connectivity index (χ1v) is 11.6. The zero-order chi connectivity index (χ0) is 25.8. The highest BCUT2D eigenvalue weighted by atomic mass is 16.5. The van der Waals surface area contributed by atoms with Gasteiger partial charge in [-0.15, -0.1) is 0 Å². The maximum absolute atomic E-state index is 12.1. The highest BCUT2D eigenvalue weighted by molar-refractivity contribution is 5.85. The molecule has 2 aromatic rings. The van der Waals surface area contributed by atoms with Crippen LogP contribution in [0, 0.1) is 0 Å². The summed E-state index contributed by atoms with van der Waals surface area (Å²) in [4.78, 5) is 23.8. The molecule has 0 aliphatic carbocycles. The van der Waals surface area contributed by atoms with E-state index in [1.807, 2.05) is 38.1 Å². The molecule has 2 aromatic carbocycles. The van der Waals surface area contributed by atoms with Gasteiger partial charge in [0.15, 0.2) is 0 Å². The third-order valence-corrected chi connectivity index (χ3v) is 5.15. The fourth-order valence-electron chi connectivity index (χ4n) is 3.31. The molecule has 1 amide bonds. The lowest BCUT2D eigenvalue weighted by atomic mass is 10.00.